The van der Waals surface area contributed by atoms with Gasteiger partial charge in [0.2, 0.25) is 0 Å². The predicted molar refractivity (Wildman–Crippen MR) is 137 cm³/mol. The molecule has 8 N–H and O–H groups in total. The van der Waals surface area contributed by atoms with Crippen LogP contribution in [0.25, 0.3) is 33.7 Å². The molecule has 0 bridgehead atoms. The molecule has 0 saturated carbocycles. The van der Waals surface area contributed by atoms with E-state index in [4.69, 9.17) is 31.6 Å². The Morgan fingerprint density at radius 3 is 2.69 bits per heavy atom. The van der Waals surface area contributed by atoms with Crippen molar-refractivity contribution in [3.8, 4) is 11.5 Å². The van der Waals surface area contributed by atoms with Crippen molar-refractivity contribution in [1.82, 2.24) is 25.1 Å². The fraction of sp³-hybridized carbons (Fsp3) is 0.115. The van der Waals surface area contributed by atoms with E-state index in [1.54, 1.807) is 18.6 Å². The van der Waals surface area contributed by atoms with Crippen molar-refractivity contribution in [3.63, 3.8) is 0 Å². The molecule has 0 saturated heterocycles. The molecule has 0 atom stereocenters. The second kappa shape index (κ2) is 8.86. The Balaban J connectivity index is 1.59. The molecule has 35 heavy (non-hydrogen) atoms. The Kier molecular flexibility index (Phi) is 5.58. The number of furan rings is 1. The van der Waals surface area contributed by atoms with Crippen LogP contribution in [-0.4, -0.2) is 25.1 Å². The Morgan fingerprint density at radius 1 is 1.09 bits per heavy atom. The molecule has 9 heteroatoms. The number of H-pyrrole nitrogens is 2. The van der Waals surface area contributed by atoms with E-state index in [0.717, 1.165) is 39.3 Å². The molecule has 9 nitrogen and oxygen atoms in total. The standard InChI is InChI=1S/C26H26N8O/c1-14(2)9-18(29)10-16(12-27)20-5-6-21-24(30-20)25(34-33-21)26-31-22-11-17(28)3-4-19(23(22)32-26)15-7-8-35-13-15/h3-10,12-13H,11,27-29H2,1-2H3,(H,31,32)(H,33,34)/b16-12+,18-10+. The van der Waals surface area contributed by atoms with Crippen molar-refractivity contribution in [1.29, 1.82) is 0 Å². The second-order valence-electron chi connectivity index (χ2n) is 8.58. The number of fused-ring (bicyclic) bond motifs is 2. The van der Waals surface area contributed by atoms with E-state index in [1.807, 2.05) is 50.3 Å². The van der Waals surface area contributed by atoms with E-state index >= 15 is 0 Å². The lowest BCUT2D eigenvalue weighted by molar-refractivity contribution is 0.566. The summed E-state index contributed by atoms with van der Waals surface area (Å²) in [7, 11) is 0. The molecule has 176 valence electrons. The highest BCUT2D eigenvalue weighted by Crippen LogP contribution is 2.32. The Labute approximate surface area is 201 Å². The van der Waals surface area contributed by atoms with E-state index in [2.05, 4.69) is 15.2 Å². The van der Waals surface area contributed by atoms with Crippen LogP contribution in [0.1, 0.15) is 36.5 Å². The normalized spacial score (nSPS) is 14.3. The van der Waals surface area contributed by atoms with Gasteiger partial charge in [0.1, 0.15) is 5.52 Å². The maximum atomic E-state index is 6.20. The van der Waals surface area contributed by atoms with Gasteiger partial charge in [-0.1, -0.05) is 11.6 Å². The quantitative estimate of drug-likeness (QED) is 0.279. The lowest BCUT2D eigenvalue weighted by Gasteiger charge is -2.03. The number of imidazole rings is 1. The zero-order valence-electron chi connectivity index (χ0n) is 19.5. The van der Waals surface area contributed by atoms with E-state index < -0.39 is 0 Å². The number of allylic oxidation sites excluding steroid dienone is 7. The van der Waals surface area contributed by atoms with Gasteiger partial charge in [-0.3, -0.25) is 5.10 Å². The van der Waals surface area contributed by atoms with Crippen molar-refractivity contribution in [3.05, 3.63) is 101 Å². The Bertz CT molecular complexity index is 1550. The minimum atomic E-state index is 0.537. The van der Waals surface area contributed by atoms with Crippen LogP contribution in [-0.2, 0) is 6.42 Å². The molecule has 5 rings (SSSR count). The van der Waals surface area contributed by atoms with Crippen LogP contribution >= 0.6 is 0 Å². The van der Waals surface area contributed by atoms with Crippen molar-refractivity contribution in [2.24, 2.45) is 17.2 Å². The maximum absolute atomic E-state index is 6.20. The van der Waals surface area contributed by atoms with Gasteiger partial charge in [0.25, 0.3) is 0 Å². The monoisotopic (exact) mass is 466 g/mol. The van der Waals surface area contributed by atoms with Crippen LogP contribution in [0, 0.1) is 0 Å². The average Bonchev–Trinajstić information content (AvgIpc) is 3.56. The molecule has 0 aliphatic heterocycles. The van der Waals surface area contributed by atoms with Crippen molar-refractivity contribution >= 4 is 22.2 Å². The summed E-state index contributed by atoms with van der Waals surface area (Å²) in [4.78, 5) is 13.1. The summed E-state index contributed by atoms with van der Waals surface area (Å²) in [6.45, 7) is 3.96. The van der Waals surface area contributed by atoms with Crippen molar-refractivity contribution in [2.45, 2.75) is 20.3 Å². The van der Waals surface area contributed by atoms with E-state index in [0.29, 0.717) is 40.4 Å². The van der Waals surface area contributed by atoms with Crippen LogP contribution < -0.4 is 17.2 Å². The van der Waals surface area contributed by atoms with Gasteiger partial charge in [-0.2, -0.15) is 5.10 Å². The molecule has 1 aliphatic rings. The summed E-state index contributed by atoms with van der Waals surface area (Å²) in [6.07, 6.45) is 12.9. The lowest BCUT2D eigenvalue weighted by atomic mass is 10.0. The van der Waals surface area contributed by atoms with Gasteiger partial charge in [0.05, 0.1) is 29.4 Å². The fourth-order valence-electron chi connectivity index (χ4n) is 4.04. The molecule has 4 heterocycles. The number of nitrogens with two attached hydrogens (primary N) is 3. The number of rotatable bonds is 5. The topological polar surface area (TPSA) is 161 Å². The molecule has 0 unspecified atom stereocenters. The van der Waals surface area contributed by atoms with Crippen molar-refractivity contribution < 1.29 is 4.42 Å². The number of aromatic amines is 2. The van der Waals surface area contributed by atoms with E-state index in [-0.39, 0.29) is 0 Å². The SMILES string of the molecule is CC(C)=C/C(N)=C\C(=C/N)c1ccc2[nH]nc(-c3nc4c([nH]3)CC(N)=CC=C4c3ccoc3)c2n1. The highest BCUT2D eigenvalue weighted by Gasteiger charge is 2.22. The third-order valence-corrected chi connectivity index (χ3v) is 5.60. The predicted octanol–water partition coefficient (Wildman–Crippen LogP) is 3.88. The summed E-state index contributed by atoms with van der Waals surface area (Å²) in [5.74, 6) is 0.591. The molecular formula is C26H26N8O. The zero-order chi connectivity index (χ0) is 24.5. The number of pyridine rings is 1. The van der Waals surface area contributed by atoms with Crippen LogP contribution in [0.15, 0.2) is 82.6 Å². The average molecular weight is 467 g/mol. The number of hydrogen-bond acceptors (Lipinski definition) is 7. The van der Waals surface area contributed by atoms with Gasteiger partial charge in [-0.05, 0) is 50.3 Å². The molecule has 0 aromatic carbocycles. The first-order valence-electron chi connectivity index (χ1n) is 11.1. The number of aromatic nitrogens is 5. The molecule has 0 radical (unpaired) electrons. The van der Waals surface area contributed by atoms with Crippen molar-refractivity contribution in [2.75, 3.05) is 0 Å². The first kappa shape index (κ1) is 22.0. The van der Waals surface area contributed by atoms with Gasteiger partial charge >= 0.3 is 0 Å². The second-order valence-corrected chi connectivity index (χ2v) is 8.58. The summed E-state index contributed by atoms with van der Waals surface area (Å²) in [6, 6.07) is 5.68. The first-order chi connectivity index (χ1) is 16.9. The third kappa shape index (κ3) is 4.26. The highest BCUT2D eigenvalue weighted by molar-refractivity contribution is 5.90. The summed E-state index contributed by atoms with van der Waals surface area (Å²) in [5, 5.41) is 7.54. The lowest BCUT2D eigenvalue weighted by Crippen LogP contribution is -2.01. The first-order valence-corrected chi connectivity index (χ1v) is 11.1. The molecular weight excluding hydrogens is 440 g/mol. The van der Waals surface area contributed by atoms with Crippen LogP contribution in [0.5, 0.6) is 0 Å². The van der Waals surface area contributed by atoms with Gasteiger partial charge in [0, 0.05) is 46.4 Å². The number of nitrogens with zero attached hydrogens (tertiary/aromatic N) is 3. The Hall–Kier alpha value is -4.79. The maximum Gasteiger partial charge on any atom is 0.161 e. The molecule has 4 aromatic heterocycles. The molecule has 0 fully saturated rings. The summed E-state index contributed by atoms with van der Waals surface area (Å²) >= 11 is 0. The highest BCUT2D eigenvalue weighted by atomic mass is 16.3. The molecule has 1 aliphatic carbocycles. The van der Waals surface area contributed by atoms with Gasteiger partial charge in [-0.15, -0.1) is 0 Å². The van der Waals surface area contributed by atoms with Gasteiger partial charge < -0.3 is 26.6 Å². The fourth-order valence-corrected chi connectivity index (χ4v) is 4.04. The van der Waals surface area contributed by atoms with E-state index in [1.165, 1.54) is 6.20 Å². The number of nitrogens with one attached hydrogen (secondary N) is 2. The van der Waals surface area contributed by atoms with Gasteiger partial charge in [0.15, 0.2) is 11.5 Å². The zero-order valence-corrected chi connectivity index (χ0v) is 19.5. The van der Waals surface area contributed by atoms with Crippen LogP contribution in [0.3, 0.4) is 0 Å². The minimum Gasteiger partial charge on any atom is -0.472 e. The summed E-state index contributed by atoms with van der Waals surface area (Å²) < 4.78 is 5.29. The smallest absolute Gasteiger partial charge is 0.161 e. The van der Waals surface area contributed by atoms with Crippen LogP contribution in [0.4, 0.5) is 0 Å². The molecule has 4 aromatic rings. The Morgan fingerprint density at radius 2 is 1.94 bits per heavy atom. The van der Waals surface area contributed by atoms with Gasteiger partial charge in [-0.25, -0.2) is 9.97 Å². The number of hydrogen-bond donors (Lipinski definition) is 5. The van der Waals surface area contributed by atoms with Crippen LogP contribution in [0.2, 0.25) is 0 Å². The molecule has 0 spiro atoms. The largest absolute Gasteiger partial charge is 0.472 e. The third-order valence-electron chi connectivity index (χ3n) is 5.60. The molecule has 0 amide bonds. The summed E-state index contributed by atoms with van der Waals surface area (Å²) in [5.41, 5.74) is 27.6. The minimum absolute atomic E-state index is 0.537. The van der Waals surface area contributed by atoms with E-state index in [9.17, 15) is 0 Å².